The highest BCUT2D eigenvalue weighted by Crippen LogP contribution is 2.50. The van der Waals surface area contributed by atoms with Crippen molar-refractivity contribution >= 4 is 17.6 Å². The Morgan fingerprint density at radius 1 is 1.25 bits per heavy atom. The molecular weight excluding hydrogens is 372 g/mol. The fourth-order valence-electron chi connectivity index (χ4n) is 4.35. The van der Waals surface area contributed by atoms with Gasteiger partial charge in [0, 0.05) is 10.9 Å². The summed E-state index contributed by atoms with van der Waals surface area (Å²) < 4.78 is 6.09. The summed E-state index contributed by atoms with van der Waals surface area (Å²) in [6.45, 7) is 4.58. The van der Waals surface area contributed by atoms with E-state index in [1.165, 1.54) is 11.1 Å². The van der Waals surface area contributed by atoms with Crippen LogP contribution in [0.5, 0.6) is 5.75 Å². The molecule has 0 radical (unpaired) electrons. The number of carboxylic acids is 1. The normalized spacial score (nSPS) is 23.1. The minimum absolute atomic E-state index is 0.0702. The molecule has 0 bridgehead atoms. The second kappa shape index (κ2) is 7.79. The molecule has 4 heteroatoms. The third-order valence-corrected chi connectivity index (χ3v) is 6.58. The molecule has 4 atom stereocenters. The molecule has 2 saturated carbocycles. The van der Waals surface area contributed by atoms with Gasteiger partial charge in [-0.2, -0.15) is 0 Å². The molecule has 4 rings (SSSR count). The van der Waals surface area contributed by atoms with E-state index in [9.17, 15) is 9.90 Å². The highest BCUT2D eigenvalue weighted by Gasteiger charge is 2.41. The summed E-state index contributed by atoms with van der Waals surface area (Å²) >= 11 is 6.37. The van der Waals surface area contributed by atoms with Gasteiger partial charge in [0.15, 0.2) is 0 Å². The topological polar surface area (TPSA) is 46.5 Å². The Hall–Kier alpha value is -2.00. The molecule has 3 nitrogen and oxygen atoms in total. The SMILES string of the molecule is Cc1ccc(Cl)c([C@H]2C[C@@H]2COc2cccc([C@H](C3CC3)[C@H](C)C(=O)O)c2)c1. The molecule has 2 fully saturated rings. The van der Waals surface area contributed by atoms with Crippen LogP contribution < -0.4 is 4.74 Å². The van der Waals surface area contributed by atoms with E-state index in [-0.39, 0.29) is 11.8 Å². The molecule has 148 valence electrons. The van der Waals surface area contributed by atoms with Gasteiger partial charge < -0.3 is 9.84 Å². The lowest BCUT2D eigenvalue weighted by atomic mass is 9.83. The molecule has 0 aromatic heterocycles. The molecule has 0 aliphatic heterocycles. The first-order valence-electron chi connectivity index (χ1n) is 10.2. The Kier molecular flexibility index (Phi) is 5.37. The van der Waals surface area contributed by atoms with Crippen molar-refractivity contribution in [3.63, 3.8) is 0 Å². The first-order valence-corrected chi connectivity index (χ1v) is 10.5. The first kappa shape index (κ1) is 19.3. The number of hydrogen-bond acceptors (Lipinski definition) is 2. The average Bonchev–Trinajstić information content (AvgIpc) is 3.58. The number of aliphatic carboxylic acids is 1. The Labute approximate surface area is 171 Å². The molecule has 2 aliphatic rings. The fraction of sp³-hybridized carbons (Fsp3) is 0.458. The summed E-state index contributed by atoms with van der Waals surface area (Å²) in [6, 6.07) is 14.2. The summed E-state index contributed by atoms with van der Waals surface area (Å²) in [5.74, 6) is 1.25. The summed E-state index contributed by atoms with van der Waals surface area (Å²) in [5.41, 5.74) is 3.55. The first-order chi connectivity index (χ1) is 13.4. The van der Waals surface area contributed by atoms with E-state index in [4.69, 9.17) is 16.3 Å². The molecule has 28 heavy (non-hydrogen) atoms. The highest BCUT2D eigenvalue weighted by atomic mass is 35.5. The number of carboxylic acid groups (broad SMARTS) is 1. The second-order valence-electron chi connectivity index (χ2n) is 8.50. The third kappa shape index (κ3) is 4.20. The molecule has 0 spiro atoms. The van der Waals surface area contributed by atoms with Crippen molar-refractivity contribution in [1.29, 1.82) is 0 Å². The van der Waals surface area contributed by atoms with Gasteiger partial charge in [-0.3, -0.25) is 4.79 Å². The van der Waals surface area contributed by atoms with Crippen molar-refractivity contribution in [3.8, 4) is 5.75 Å². The summed E-state index contributed by atoms with van der Waals surface area (Å²) in [6.07, 6.45) is 3.34. The number of rotatable bonds is 8. The van der Waals surface area contributed by atoms with E-state index < -0.39 is 5.97 Å². The quantitative estimate of drug-likeness (QED) is 0.589. The van der Waals surface area contributed by atoms with Gasteiger partial charge >= 0.3 is 5.97 Å². The number of ether oxygens (including phenoxy) is 1. The zero-order valence-corrected chi connectivity index (χ0v) is 17.2. The smallest absolute Gasteiger partial charge is 0.306 e. The van der Waals surface area contributed by atoms with Crippen LogP contribution in [0.3, 0.4) is 0 Å². The van der Waals surface area contributed by atoms with Crippen molar-refractivity contribution in [2.45, 2.75) is 44.9 Å². The Morgan fingerprint density at radius 3 is 2.75 bits per heavy atom. The average molecular weight is 399 g/mol. The van der Waals surface area contributed by atoms with E-state index in [2.05, 4.69) is 13.0 Å². The molecular formula is C24H27ClO3. The number of carbonyl (C=O) groups is 1. The number of hydrogen-bond donors (Lipinski definition) is 1. The van der Waals surface area contributed by atoms with Crippen LogP contribution in [0.1, 0.15) is 54.7 Å². The second-order valence-corrected chi connectivity index (χ2v) is 8.91. The number of aryl methyl sites for hydroxylation is 1. The van der Waals surface area contributed by atoms with Gasteiger partial charge in [-0.15, -0.1) is 0 Å². The number of benzene rings is 2. The highest BCUT2D eigenvalue weighted by molar-refractivity contribution is 6.31. The molecule has 2 aromatic rings. The van der Waals surface area contributed by atoms with Gasteiger partial charge in [0.05, 0.1) is 12.5 Å². The predicted octanol–water partition coefficient (Wildman–Crippen LogP) is 6.05. The predicted molar refractivity (Wildman–Crippen MR) is 111 cm³/mol. The van der Waals surface area contributed by atoms with E-state index in [0.29, 0.717) is 24.4 Å². The summed E-state index contributed by atoms with van der Waals surface area (Å²) in [4.78, 5) is 11.5. The lowest BCUT2D eigenvalue weighted by Gasteiger charge is -2.21. The van der Waals surface area contributed by atoms with Crippen molar-refractivity contribution < 1.29 is 14.6 Å². The fourth-order valence-corrected chi connectivity index (χ4v) is 4.61. The molecule has 2 aliphatic carbocycles. The van der Waals surface area contributed by atoms with Crippen LogP contribution in [0.25, 0.3) is 0 Å². The van der Waals surface area contributed by atoms with Gasteiger partial charge in [0.2, 0.25) is 0 Å². The van der Waals surface area contributed by atoms with Gasteiger partial charge in [0.1, 0.15) is 5.75 Å². The van der Waals surface area contributed by atoms with Crippen molar-refractivity contribution in [2.24, 2.45) is 17.8 Å². The maximum Gasteiger partial charge on any atom is 0.306 e. The van der Waals surface area contributed by atoms with Gasteiger partial charge in [-0.25, -0.2) is 0 Å². The largest absolute Gasteiger partial charge is 0.493 e. The van der Waals surface area contributed by atoms with E-state index in [0.717, 1.165) is 35.6 Å². The lowest BCUT2D eigenvalue weighted by Crippen LogP contribution is -2.20. The van der Waals surface area contributed by atoms with E-state index >= 15 is 0 Å². The summed E-state index contributed by atoms with van der Waals surface area (Å²) in [7, 11) is 0. The van der Waals surface area contributed by atoms with Crippen molar-refractivity contribution in [2.75, 3.05) is 6.61 Å². The molecule has 0 heterocycles. The van der Waals surface area contributed by atoms with Crippen LogP contribution in [0.2, 0.25) is 5.02 Å². The summed E-state index contributed by atoms with van der Waals surface area (Å²) in [5, 5.41) is 10.3. The number of halogens is 1. The van der Waals surface area contributed by atoms with Crippen LogP contribution in [0, 0.1) is 24.7 Å². The molecule has 0 unspecified atom stereocenters. The van der Waals surface area contributed by atoms with E-state index in [1.807, 2.05) is 43.3 Å². The Balaban J connectivity index is 1.41. The van der Waals surface area contributed by atoms with Crippen molar-refractivity contribution in [3.05, 3.63) is 64.2 Å². The Bertz CT molecular complexity index is 874. The monoisotopic (exact) mass is 398 g/mol. The van der Waals surface area contributed by atoms with Crippen LogP contribution >= 0.6 is 11.6 Å². The third-order valence-electron chi connectivity index (χ3n) is 6.24. The standard InChI is InChI=1S/C24H27ClO3/c1-14-6-9-22(25)21(10-14)20-12-18(20)13-28-19-5-3-4-17(11-19)23(16-7-8-16)15(2)24(26)27/h3-6,9-11,15-16,18,20,23H,7-8,12-13H2,1-2H3,(H,26,27)/t15-,18+,20-,23-/m0/s1. The molecule has 1 N–H and O–H groups in total. The zero-order chi connectivity index (χ0) is 19.8. The minimum atomic E-state index is -0.723. The van der Waals surface area contributed by atoms with Crippen LogP contribution in [-0.2, 0) is 4.79 Å². The zero-order valence-electron chi connectivity index (χ0n) is 16.4. The molecule has 2 aromatic carbocycles. The van der Waals surface area contributed by atoms with Crippen LogP contribution in [0.4, 0.5) is 0 Å². The van der Waals surface area contributed by atoms with E-state index in [1.54, 1.807) is 0 Å². The molecule has 0 amide bonds. The maximum atomic E-state index is 11.5. The minimum Gasteiger partial charge on any atom is -0.493 e. The molecule has 0 saturated heterocycles. The Morgan fingerprint density at radius 2 is 2.04 bits per heavy atom. The van der Waals surface area contributed by atoms with Gasteiger partial charge in [-0.1, -0.05) is 48.4 Å². The van der Waals surface area contributed by atoms with Crippen LogP contribution in [0.15, 0.2) is 42.5 Å². The van der Waals surface area contributed by atoms with Gasteiger partial charge in [-0.05, 0) is 73.3 Å². The van der Waals surface area contributed by atoms with Crippen molar-refractivity contribution in [1.82, 2.24) is 0 Å². The van der Waals surface area contributed by atoms with Crippen LogP contribution in [-0.4, -0.2) is 17.7 Å². The lowest BCUT2D eigenvalue weighted by molar-refractivity contribution is -0.142. The maximum absolute atomic E-state index is 11.5. The van der Waals surface area contributed by atoms with Gasteiger partial charge in [0.25, 0.3) is 0 Å².